The van der Waals surface area contributed by atoms with Crippen LogP contribution in [0, 0.1) is 0 Å². The molecule has 0 aliphatic carbocycles. The van der Waals surface area contributed by atoms with Crippen molar-refractivity contribution in [1.29, 1.82) is 0 Å². The van der Waals surface area contributed by atoms with Crippen LogP contribution in [-0.2, 0) is 4.74 Å². The molecule has 2 nitrogen and oxygen atoms in total. The number of methoxy groups -OCH3 is 1. The van der Waals surface area contributed by atoms with Crippen LogP contribution < -0.4 is 5.32 Å². The lowest BCUT2D eigenvalue weighted by atomic mass is 9.97. The van der Waals surface area contributed by atoms with E-state index in [1.807, 2.05) is 11.8 Å². The third-order valence-electron chi connectivity index (χ3n) is 2.68. The Bertz CT molecular complexity index is 196. The molecule has 1 rings (SSSR count). The van der Waals surface area contributed by atoms with Crippen LogP contribution in [0.3, 0.4) is 0 Å². The molecule has 1 N–H and O–H groups in total. The van der Waals surface area contributed by atoms with Crippen molar-refractivity contribution in [3.8, 4) is 0 Å². The molecule has 14 heavy (non-hydrogen) atoms. The first-order valence-electron chi connectivity index (χ1n) is 5.29. The largest absolute Gasteiger partial charge is 0.385 e. The SMILES string of the molecule is CCCNC1C=CSC1(C)CCOC. The van der Waals surface area contributed by atoms with E-state index in [0.29, 0.717) is 6.04 Å². The first-order chi connectivity index (χ1) is 6.73. The van der Waals surface area contributed by atoms with Crippen LogP contribution in [0.1, 0.15) is 26.7 Å². The number of thioether (sulfide) groups is 1. The third-order valence-corrected chi connectivity index (χ3v) is 3.97. The predicted molar refractivity (Wildman–Crippen MR) is 63.7 cm³/mol. The van der Waals surface area contributed by atoms with Crippen LogP contribution in [0.15, 0.2) is 11.5 Å². The monoisotopic (exact) mass is 215 g/mol. The highest BCUT2D eigenvalue weighted by Gasteiger charge is 2.35. The summed E-state index contributed by atoms with van der Waals surface area (Å²) in [6.45, 7) is 6.45. The Balaban J connectivity index is 2.42. The van der Waals surface area contributed by atoms with Gasteiger partial charge in [0.1, 0.15) is 0 Å². The molecule has 0 radical (unpaired) electrons. The minimum Gasteiger partial charge on any atom is -0.385 e. The summed E-state index contributed by atoms with van der Waals surface area (Å²) in [7, 11) is 1.77. The van der Waals surface area contributed by atoms with Gasteiger partial charge in [0.15, 0.2) is 0 Å². The van der Waals surface area contributed by atoms with Gasteiger partial charge in [-0.2, -0.15) is 0 Å². The van der Waals surface area contributed by atoms with Crippen molar-refractivity contribution < 1.29 is 4.74 Å². The standard InChI is InChI=1S/C11H21NOS/c1-4-7-12-10-5-9-14-11(10,2)6-8-13-3/h5,9-10,12H,4,6-8H2,1-3H3. The van der Waals surface area contributed by atoms with Gasteiger partial charge in [-0.15, -0.1) is 11.8 Å². The minimum atomic E-state index is 0.283. The maximum absolute atomic E-state index is 5.15. The molecule has 1 aliphatic heterocycles. The van der Waals surface area contributed by atoms with E-state index < -0.39 is 0 Å². The molecule has 0 bridgehead atoms. The average molecular weight is 215 g/mol. The first-order valence-corrected chi connectivity index (χ1v) is 6.17. The smallest absolute Gasteiger partial charge is 0.0476 e. The molecular formula is C11H21NOS. The van der Waals surface area contributed by atoms with Crippen molar-refractivity contribution in [3.63, 3.8) is 0 Å². The molecule has 0 aromatic carbocycles. The van der Waals surface area contributed by atoms with Crippen molar-refractivity contribution >= 4 is 11.8 Å². The first kappa shape index (κ1) is 12.1. The molecule has 2 unspecified atom stereocenters. The second-order valence-electron chi connectivity index (χ2n) is 3.93. The van der Waals surface area contributed by atoms with E-state index in [1.165, 1.54) is 6.42 Å². The molecule has 2 atom stereocenters. The Labute approximate surface area is 91.5 Å². The second-order valence-corrected chi connectivity index (χ2v) is 5.37. The molecule has 82 valence electrons. The van der Waals surface area contributed by atoms with E-state index in [9.17, 15) is 0 Å². The summed E-state index contributed by atoms with van der Waals surface area (Å²) in [5.74, 6) is 0. The fourth-order valence-electron chi connectivity index (χ4n) is 1.65. The molecule has 0 amide bonds. The summed E-state index contributed by atoms with van der Waals surface area (Å²) in [5.41, 5.74) is 0. The van der Waals surface area contributed by atoms with E-state index in [1.54, 1.807) is 7.11 Å². The third kappa shape index (κ3) is 3.01. The van der Waals surface area contributed by atoms with E-state index >= 15 is 0 Å². The minimum absolute atomic E-state index is 0.283. The van der Waals surface area contributed by atoms with Crippen LogP contribution in [0.2, 0.25) is 0 Å². The zero-order valence-corrected chi connectivity index (χ0v) is 10.2. The number of rotatable bonds is 6. The number of nitrogens with one attached hydrogen (secondary N) is 1. The Kier molecular flexibility index (Phi) is 4.99. The van der Waals surface area contributed by atoms with Gasteiger partial charge >= 0.3 is 0 Å². The summed E-state index contributed by atoms with van der Waals surface area (Å²) in [5, 5.41) is 5.78. The summed E-state index contributed by atoms with van der Waals surface area (Å²) in [4.78, 5) is 0. The fraction of sp³-hybridized carbons (Fsp3) is 0.818. The summed E-state index contributed by atoms with van der Waals surface area (Å²) < 4.78 is 5.44. The number of hydrogen-bond donors (Lipinski definition) is 1. The van der Waals surface area contributed by atoms with E-state index in [0.717, 1.165) is 19.6 Å². The molecule has 0 saturated heterocycles. The Morgan fingerprint density at radius 2 is 2.36 bits per heavy atom. The maximum atomic E-state index is 5.15. The van der Waals surface area contributed by atoms with Gasteiger partial charge in [0, 0.05) is 24.5 Å². The average Bonchev–Trinajstić information content (AvgIpc) is 2.54. The molecule has 0 saturated carbocycles. The lowest BCUT2D eigenvalue weighted by Crippen LogP contribution is -2.43. The summed E-state index contributed by atoms with van der Waals surface area (Å²) in [6, 6.07) is 0.502. The highest BCUT2D eigenvalue weighted by Crippen LogP contribution is 2.39. The van der Waals surface area contributed by atoms with E-state index in [4.69, 9.17) is 4.74 Å². The predicted octanol–water partition coefficient (Wildman–Crippen LogP) is 2.41. The van der Waals surface area contributed by atoms with E-state index in [-0.39, 0.29) is 4.75 Å². The Morgan fingerprint density at radius 3 is 3.00 bits per heavy atom. The van der Waals surface area contributed by atoms with Crippen molar-refractivity contribution in [2.45, 2.75) is 37.5 Å². The molecule has 3 heteroatoms. The molecule has 0 aromatic heterocycles. The van der Waals surface area contributed by atoms with Gasteiger partial charge in [-0.25, -0.2) is 0 Å². The topological polar surface area (TPSA) is 21.3 Å². The Morgan fingerprint density at radius 1 is 1.57 bits per heavy atom. The van der Waals surface area contributed by atoms with Gasteiger partial charge in [0.2, 0.25) is 0 Å². The number of ether oxygens (including phenoxy) is 1. The highest BCUT2D eigenvalue weighted by molar-refractivity contribution is 8.03. The summed E-state index contributed by atoms with van der Waals surface area (Å²) >= 11 is 1.92. The quantitative estimate of drug-likeness (QED) is 0.735. The Hall–Kier alpha value is 0.01000. The van der Waals surface area contributed by atoms with Crippen LogP contribution in [0.4, 0.5) is 0 Å². The lowest BCUT2D eigenvalue weighted by Gasteiger charge is -2.31. The van der Waals surface area contributed by atoms with Crippen LogP contribution in [-0.4, -0.2) is 31.1 Å². The van der Waals surface area contributed by atoms with Crippen LogP contribution in [0.25, 0.3) is 0 Å². The van der Waals surface area contributed by atoms with Crippen molar-refractivity contribution in [2.24, 2.45) is 0 Å². The maximum Gasteiger partial charge on any atom is 0.0476 e. The van der Waals surface area contributed by atoms with Gasteiger partial charge in [-0.3, -0.25) is 0 Å². The molecule has 0 aromatic rings. The molecule has 0 spiro atoms. The number of hydrogen-bond acceptors (Lipinski definition) is 3. The lowest BCUT2D eigenvalue weighted by molar-refractivity contribution is 0.181. The zero-order chi connectivity index (χ0) is 10.4. The molecule has 0 fully saturated rings. The van der Waals surface area contributed by atoms with Gasteiger partial charge in [0.25, 0.3) is 0 Å². The van der Waals surface area contributed by atoms with E-state index in [2.05, 4.69) is 30.6 Å². The van der Waals surface area contributed by atoms with Crippen molar-refractivity contribution in [3.05, 3.63) is 11.5 Å². The fourth-order valence-corrected chi connectivity index (χ4v) is 2.71. The molecule has 1 heterocycles. The summed E-state index contributed by atoms with van der Waals surface area (Å²) in [6.07, 6.45) is 4.56. The second kappa shape index (κ2) is 5.79. The van der Waals surface area contributed by atoms with Gasteiger partial charge in [-0.05, 0) is 31.7 Å². The van der Waals surface area contributed by atoms with Crippen molar-refractivity contribution in [2.75, 3.05) is 20.3 Å². The highest BCUT2D eigenvalue weighted by atomic mass is 32.2. The zero-order valence-electron chi connectivity index (χ0n) is 9.38. The van der Waals surface area contributed by atoms with Crippen LogP contribution in [0.5, 0.6) is 0 Å². The normalized spacial score (nSPS) is 31.2. The van der Waals surface area contributed by atoms with Crippen LogP contribution >= 0.6 is 11.8 Å². The van der Waals surface area contributed by atoms with Gasteiger partial charge in [0.05, 0.1) is 0 Å². The van der Waals surface area contributed by atoms with Gasteiger partial charge < -0.3 is 10.1 Å². The molecular weight excluding hydrogens is 194 g/mol. The molecule has 1 aliphatic rings. The van der Waals surface area contributed by atoms with Gasteiger partial charge in [-0.1, -0.05) is 13.0 Å². The van der Waals surface area contributed by atoms with Crippen molar-refractivity contribution in [1.82, 2.24) is 5.32 Å².